The van der Waals surface area contributed by atoms with Gasteiger partial charge in [0.1, 0.15) is 5.82 Å². The van der Waals surface area contributed by atoms with Crippen LogP contribution in [0.3, 0.4) is 0 Å². The average molecular weight is 350 g/mol. The predicted octanol–water partition coefficient (Wildman–Crippen LogP) is 3.78. The van der Waals surface area contributed by atoms with Crippen molar-refractivity contribution >= 4 is 22.8 Å². The summed E-state index contributed by atoms with van der Waals surface area (Å²) in [6, 6.07) is 15.4. The van der Waals surface area contributed by atoms with E-state index in [1.54, 1.807) is 0 Å². The highest BCUT2D eigenvalue weighted by Crippen LogP contribution is 2.22. The molecule has 0 aliphatic carbocycles. The van der Waals surface area contributed by atoms with Crippen molar-refractivity contribution in [3.63, 3.8) is 0 Å². The molecular weight excluding hydrogens is 328 g/mol. The topological polar surface area (TPSA) is 79.0 Å². The zero-order valence-electron chi connectivity index (χ0n) is 14.5. The molecule has 3 N–H and O–H groups in total. The minimum Gasteiger partial charge on any atom is -0.381 e. The molecule has 0 bridgehead atoms. The van der Waals surface area contributed by atoms with Gasteiger partial charge in [0.25, 0.3) is 0 Å². The first kappa shape index (κ1) is 16.6. The third-order valence-electron chi connectivity index (χ3n) is 4.61. The van der Waals surface area contributed by atoms with Gasteiger partial charge in [0.15, 0.2) is 0 Å². The smallest absolute Gasteiger partial charge is 0.319 e. The summed E-state index contributed by atoms with van der Waals surface area (Å²) in [5.41, 5.74) is 3.68. The summed E-state index contributed by atoms with van der Waals surface area (Å²) in [6.45, 7) is 2.20. The number of benzene rings is 2. The van der Waals surface area contributed by atoms with Gasteiger partial charge in [-0.2, -0.15) is 0 Å². The van der Waals surface area contributed by atoms with Gasteiger partial charge < -0.3 is 20.4 Å². The summed E-state index contributed by atoms with van der Waals surface area (Å²) >= 11 is 0. The second-order valence-corrected chi connectivity index (χ2v) is 6.60. The fraction of sp³-hybridized carbons (Fsp3) is 0.300. The number of urea groups is 1. The molecule has 6 nitrogen and oxygen atoms in total. The van der Waals surface area contributed by atoms with Crippen molar-refractivity contribution in [1.82, 2.24) is 15.3 Å². The summed E-state index contributed by atoms with van der Waals surface area (Å²) in [4.78, 5) is 19.9. The van der Waals surface area contributed by atoms with Crippen molar-refractivity contribution in [1.29, 1.82) is 0 Å². The fourth-order valence-electron chi connectivity index (χ4n) is 3.18. The number of nitrogens with zero attached hydrogens (tertiary/aromatic N) is 1. The van der Waals surface area contributed by atoms with Crippen LogP contribution in [0.25, 0.3) is 22.4 Å². The summed E-state index contributed by atoms with van der Waals surface area (Å²) < 4.78 is 5.43. The first-order valence-electron chi connectivity index (χ1n) is 8.96. The lowest BCUT2D eigenvalue weighted by molar-refractivity contribution is 0.0559. The third kappa shape index (κ3) is 3.86. The maximum atomic E-state index is 12.0. The number of carbonyl (C=O) groups excluding carboxylic acids is 1. The number of hydrogen-bond donors (Lipinski definition) is 3. The van der Waals surface area contributed by atoms with E-state index in [9.17, 15) is 4.79 Å². The highest BCUT2D eigenvalue weighted by atomic mass is 16.5. The molecule has 3 aromatic rings. The quantitative estimate of drug-likeness (QED) is 0.670. The molecule has 0 spiro atoms. The Morgan fingerprint density at radius 2 is 2.04 bits per heavy atom. The van der Waals surface area contributed by atoms with Crippen LogP contribution in [0.15, 0.2) is 48.5 Å². The summed E-state index contributed by atoms with van der Waals surface area (Å²) in [5.74, 6) is 1.23. The van der Waals surface area contributed by atoms with E-state index in [1.807, 2.05) is 48.5 Å². The predicted molar refractivity (Wildman–Crippen MR) is 102 cm³/mol. The van der Waals surface area contributed by atoms with Gasteiger partial charge in [0.05, 0.1) is 17.6 Å². The number of ether oxygens (including phenoxy) is 1. The number of H-pyrrole nitrogens is 1. The number of fused-ring (bicyclic) bond motifs is 1. The number of imidazole rings is 1. The number of aromatic amines is 1. The van der Waals surface area contributed by atoms with Crippen molar-refractivity contribution in [3.8, 4) is 11.4 Å². The van der Waals surface area contributed by atoms with E-state index in [0.717, 1.165) is 54.2 Å². The van der Waals surface area contributed by atoms with Crippen LogP contribution in [0.1, 0.15) is 12.8 Å². The second kappa shape index (κ2) is 7.58. The lowest BCUT2D eigenvalue weighted by Crippen LogP contribution is -2.35. The lowest BCUT2D eigenvalue weighted by atomic mass is 10.0. The molecule has 1 aromatic heterocycles. The molecule has 1 aliphatic heterocycles. The van der Waals surface area contributed by atoms with Crippen molar-refractivity contribution in [2.75, 3.05) is 25.1 Å². The van der Waals surface area contributed by atoms with E-state index < -0.39 is 0 Å². The van der Waals surface area contributed by atoms with Crippen molar-refractivity contribution < 1.29 is 9.53 Å². The molecule has 0 saturated carbocycles. The molecule has 26 heavy (non-hydrogen) atoms. The molecule has 1 fully saturated rings. The van der Waals surface area contributed by atoms with E-state index in [2.05, 4.69) is 20.6 Å². The molecule has 0 unspecified atom stereocenters. The van der Waals surface area contributed by atoms with Crippen LogP contribution < -0.4 is 10.6 Å². The van der Waals surface area contributed by atoms with Gasteiger partial charge in [-0.05, 0) is 55.2 Å². The number of carbonyl (C=O) groups is 1. The van der Waals surface area contributed by atoms with Gasteiger partial charge in [0, 0.05) is 24.4 Å². The normalized spacial score (nSPS) is 17.2. The van der Waals surface area contributed by atoms with Crippen LogP contribution >= 0.6 is 0 Å². The highest BCUT2D eigenvalue weighted by Gasteiger charge is 2.14. The van der Waals surface area contributed by atoms with E-state index in [0.29, 0.717) is 12.5 Å². The Kier molecular flexibility index (Phi) is 4.84. The van der Waals surface area contributed by atoms with Crippen molar-refractivity contribution in [3.05, 3.63) is 48.5 Å². The van der Waals surface area contributed by atoms with Gasteiger partial charge in [-0.25, -0.2) is 9.78 Å². The molecule has 2 amide bonds. The molecule has 2 aromatic carbocycles. The number of nitrogens with one attached hydrogen (secondary N) is 3. The fourth-order valence-corrected chi connectivity index (χ4v) is 3.18. The Bertz CT molecular complexity index is 849. The number of aromatic nitrogens is 2. The van der Waals surface area contributed by atoms with Crippen molar-refractivity contribution in [2.45, 2.75) is 12.8 Å². The van der Waals surface area contributed by atoms with Crippen LogP contribution in [-0.4, -0.2) is 35.8 Å². The largest absolute Gasteiger partial charge is 0.381 e. The zero-order valence-corrected chi connectivity index (χ0v) is 14.5. The van der Waals surface area contributed by atoms with E-state index in [4.69, 9.17) is 4.74 Å². The lowest BCUT2D eigenvalue weighted by Gasteiger charge is -2.22. The Balaban J connectivity index is 1.35. The summed E-state index contributed by atoms with van der Waals surface area (Å²) in [7, 11) is 0. The molecular formula is C20H22N4O2. The molecule has 134 valence electrons. The maximum absolute atomic E-state index is 12.0. The number of rotatable bonds is 4. The summed E-state index contributed by atoms with van der Waals surface area (Å²) in [5, 5.41) is 5.78. The second-order valence-electron chi connectivity index (χ2n) is 6.60. The minimum absolute atomic E-state index is 0.188. The van der Waals surface area contributed by atoms with Gasteiger partial charge in [-0.15, -0.1) is 0 Å². The zero-order chi connectivity index (χ0) is 17.8. The van der Waals surface area contributed by atoms with Gasteiger partial charge in [0.2, 0.25) is 0 Å². The minimum atomic E-state index is -0.188. The van der Waals surface area contributed by atoms with Gasteiger partial charge in [-0.1, -0.05) is 12.1 Å². The monoisotopic (exact) mass is 350 g/mol. The molecule has 4 rings (SSSR count). The SMILES string of the molecule is O=C(NC[C@@H]1CCCOC1)Nc1ccc(-c2nc3ccccc3[nH]2)cc1. The first-order valence-corrected chi connectivity index (χ1v) is 8.96. The highest BCUT2D eigenvalue weighted by molar-refractivity contribution is 5.89. The molecule has 1 atom stereocenters. The molecule has 1 aliphatic rings. The van der Waals surface area contributed by atoms with Crippen molar-refractivity contribution in [2.24, 2.45) is 5.92 Å². The number of para-hydroxylation sites is 2. The molecule has 0 radical (unpaired) electrons. The standard InChI is InChI=1S/C20H22N4O2/c25-20(21-12-14-4-3-11-26-13-14)22-16-9-7-15(8-10-16)19-23-17-5-1-2-6-18(17)24-19/h1-2,5-10,14H,3-4,11-13H2,(H,23,24)(H2,21,22,25)/t14-/m0/s1. The van der Waals surface area contributed by atoms with E-state index in [1.165, 1.54) is 0 Å². The van der Waals surface area contributed by atoms with Crippen LogP contribution in [-0.2, 0) is 4.74 Å². The number of hydrogen-bond acceptors (Lipinski definition) is 3. The average Bonchev–Trinajstić information content (AvgIpc) is 3.12. The Morgan fingerprint density at radius 3 is 2.81 bits per heavy atom. The molecule has 2 heterocycles. The Hall–Kier alpha value is -2.86. The van der Waals surface area contributed by atoms with E-state index >= 15 is 0 Å². The number of anilines is 1. The first-order chi connectivity index (χ1) is 12.8. The molecule has 1 saturated heterocycles. The maximum Gasteiger partial charge on any atom is 0.319 e. The van der Waals surface area contributed by atoms with Crippen LogP contribution in [0, 0.1) is 5.92 Å². The van der Waals surface area contributed by atoms with Crippen LogP contribution in [0.2, 0.25) is 0 Å². The number of amides is 2. The molecule has 6 heteroatoms. The van der Waals surface area contributed by atoms with Crippen LogP contribution in [0.5, 0.6) is 0 Å². The Labute approximate surface area is 152 Å². The Morgan fingerprint density at radius 1 is 1.19 bits per heavy atom. The third-order valence-corrected chi connectivity index (χ3v) is 4.61. The van der Waals surface area contributed by atoms with E-state index in [-0.39, 0.29) is 6.03 Å². The summed E-state index contributed by atoms with van der Waals surface area (Å²) in [6.07, 6.45) is 2.17. The van der Waals surface area contributed by atoms with Crippen LogP contribution in [0.4, 0.5) is 10.5 Å². The van der Waals surface area contributed by atoms with Gasteiger partial charge in [-0.3, -0.25) is 0 Å². The van der Waals surface area contributed by atoms with Gasteiger partial charge >= 0.3 is 6.03 Å².